The minimum atomic E-state index is -0.679. The highest BCUT2D eigenvalue weighted by molar-refractivity contribution is 6.30. The summed E-state index contributed by atoms with van der Waals surface area (Å²) < 4.78 is 12.0. The molecular weight excluding hydrogens is 179 g/mol. The van der Waals surface area contributed by atoms with Gasteiger partial charge in [-0.2, -0.15) is 4.39 Å². The van der Waals surface area contributed by atoms with Gasteiger partial charge in [-0.3, -0.25) is 0 Å². The van der Waals surface area contributed by atoms with E-state index in [9.17, 15) is 4.39 Å². The minimum absolute atomic E-state index is 0.0486. The normalized spacial score (nSPS) is 7.17. The van der Waals surface area contributed by atoms with Crippen molar-refractivity contribution in [1.82, 2.24) is 9.97 Å². The molecule has 1 rings (SSSR count). The topological polar surface area (TPSA) is 25.8 Å². The first-order valence-electron chi connectivity index (χ1n) is 3.91. The van der Waals surface area contributed by atoms with Crippen molar-refractivity contribution in [3.05, 3.63) is 23.5 Å². The Morgan fingerprint density at radius 3 is 2.00 bits per heavy atom. The number of halogens is 2. The lowest BCUT2D eigenvalue weighted by atomic mass is 10.7. The summed E-state index contributed by atoms with van der Waals surface area (Å²) in [5, 5.41) is -0.0486. The van der Waals surface area contributed by atoms with Gasteiger partial charge in [0.25, 0.3) is 0 Å². The first-order chi connectivity index (χ1) is 5.80. The Hall–Kier alpha value is -0.700. The largest absolute Gasteiger partial charge is 0.243 e. The highest BCUT2D eigenvalue weighted by atomic mass is 35.5. The molecule has 0 radical (unpaired) electrons. The van der Waals surface area contributed by atoms with Crippen LogP contribution in [0, 0.1) is 5.95 Å². The third-order valence-electron chi connectivity index (χ3n) is 0.623. The molecule has 4 heteroatoms. The van der Waals surface area contributed by atoms with Crippen LogP contribution in [-0.2, 0) is 0 Å². The van der Waals surface area contributed by atoms with Crippen LogP contribution in [0.15, 0.2) is 12.5 Å². The standard InChI is InChI=1S/C4H2ClFN2.2C2H6/c5-3-1-7-2-8-4(3)6;2*1-2/h1-2H;2*1-2H3. The number of hydrogen-bond donors (Lipinski definition) is 0. The highest BCUT2D eigenvalue weighted by Crippen LogP contribution is 2.06. The fourth-order valence-electron chi connectivity index (χ4n) is 0.298. The molecule has 0 fully saturated rings. The second-order valence-electron chi connectivity index (χ2n) is 1.16. The van der Waals surface area contributed by atoms with Crippen molar-refractivity contribution >= 4 is 11.6 Å². The van der Waals surface area contributed by atoms with Crippen molar-refractivity contribution in [3.63, 3.8) is 0 Å². The van der Waals surface area contributed by atoms with Crippen LogP contribution >= 0.6 is 11.6 Å². The van der Waals surface area contributed by atoms with Crippen molar-refractivity contribution in [2.45, 2.75) is 27.7 Å². The first kappa shape index (κ1) is 13.9. The van der Waals surface area contributed by atoms with Gasteiger partial charge in [0.05, 0.1) is 6.20 Å². The van der Waals surface area contributed by atoms with Gasteiger partial charge in [-0.25, -0.2) is 9.97 Å². The van der Waals surface area contributed by atoms with E-state index in [4.69, 9.17) is 11.6 Å². The van der Waals surface area contributed by atoms with Gasteiger partial charge in [-0.15, -0.1) is 0 Å². The third kappa shape index (κ3) is 6.04. The van der Waals surface area contributed by atoms with Crippen LogP contribution in [0.5, 0.6) is 0 Å². The highest BCUT2D eigenvalue weighted by Gasteiger charge is 1.94. The summed E-state index contributed by atoms with van der Waals surface area (Å²) in [7, 11) is 0. The van der Waals surface area contributed by atoms with E-state index in [0.717, 1.165) is 6.33 Å². The van der Waals surface area contributed by atoms with E-state index < -0.39 is 5.95 Å². The molecule has 2 nitrogen and oxygen atoms in total. The van der Waals surface area contributed by atoms with Crippen molar-refractivity contribution in [2.24, 2.45) is 0 Å². The van der Waals surface area contributed by atoms with Crippen LogP contribution in [0.25, 0.3) is 0 Å². The average Bonchev–Trinajstić information content (AvgIpc) is 2.17. The van der Waals surface area contributed by atoms with Gasteiger partial charge in [0.2, 0.25) is 5.95 Å². The lowest BCUT2D eigenvalue weighted by Gasteiger charge is -1.85. The summed E-state index contributed by atoms with van der Waals surface area (Å²) in [6.45, 7) is 8.00. The van der Waals surface area contributed by atoms with Crippen LogP contribution < -0.4 is 0 Å². The van der Waals surface area contributed by atoms with Gasteiger partial charge in [-0.05, 0) is 0 Å². The first-order valence-corrected chi connectivity index (χ1v) is 4.29. The lowest BCUT2D eigenvalue weighted by molar-refractivity contribution is 0.580. The van der Waals surface area contributed by atoms with E-state index in [2.05, 4.69) is 9.97 Å². The second-order valence-corrected chi connectivity index (χ2v) is 1.57. The minimum Gasteiger partial charge on any atom is -0.243 e. The molecule has 0 aliphatic rings. The van der Waals surface area contributed by atoms with E-state index in [1.165, 1.54) is 6.20 Å². The molecule has 0 saturated carbocycles. The van der Waals surface area contributed by atoms with E-state index >= 15 is 0 Å². The van der Waals surface area contributed by atoms with E-state index in [-0.39, 0.29) is 5.02 Å². The summed E-state index contributed by atoms with van der Waals surface area (Å²) in [5.41, 5.74) is 0. The predicted octanol–water partition coefficient (Wildman–Crippen LogP) is 3.32. The van der Waals surface area contributed by atoms with Crippen LogP contribution in [0.3, 0.4) is 0 Å². The average molecular weight is 193 g/mol. The molecule has 12 heavy (non-hydrogen) atoms. The summed E-state index contributed by atoms with van der Waals surface area (Å²) in [4.78, 5) is 6.63. The van der Waals surface area contributed by atoms with Crippen LogP contribution in [0.4, 0.5) is 4.39 Å². The summed E-state index contributed by atoms with van der Waals surface area (Å²) in [6, 6.07) is 0. The molecule has 0 atom stereocenters. The SMILES string of the molecule is CC.CC.Fc1ncncc1Cl. The molecule has 0 N–H and O–H groups in total. The summed E-state index contributed by atoms with van der Waals surface area (Å²) >= 11 is 5.21. The van der Waals surface area contributed by atoms with Crippen molar-refractivity contribution < 1.29 is 4.39 Å². The predicted molar refractivity (Wildman–Crippen MR) is 49.7 cm³/mol. The third-order valence-corrected chi connectivity index (χ3v) is 0.876. The second kappa shape index (κ2) is 10.3. The molecule has 0 spiro atoms. The fourth-order valence-corrected chi connectivity index (χ4v) is 0.403. The Labute approximate surface area is 77.8 Å². The van der Waals surface area contributed by atoms with Gasteiger partial charge < -0.3 is 0 Å². The number of nitrogens with zero attached hydrogens (tertiary/aromatic N) is 2. The van der Waals surface area contributed by atoms with Crippen LogP contribution in [-0.4, -0.2) is 9.97 Å². The monoisotopic (exact) mass is 192 g/mol. The van der Waals surface area contributed by atoms with Gasteiger partial charge in [0.1, 0.15) is 11.3 Å². The summed E-state index contributed by atoms with van der Waals surface area (Å²) in [6.07, 6.45) is 2.30. The quantitative estimate of drug-likeness (QED) is 0.590. The molecule has 0 aliphatic carbocycles. The molecule has 0 saturated heterocycles. The van der Waals surface area contributed by atoms with E-state index in [0.29, 0.717) is 0 Å². The Morgan fingerprint density at radius 1 is 1.25 bits per heavy atom. The maximum Gasteiger partial charge on any atom is 0.234 e. The Bertz CT molecular complexity index is 173. The smallest absolute Gasteiger partial charge is 0.234 e. The molecule has 1 heterocycles. The van der Waals surface area contributed by atoms with Gasteiger partial charge in [-0.1, -0.05) is 39.3 Å². The lowest BCUT2D eigenvalue weighted by Crippen LogP contribution is -1.82. The van der Waals surface area contributed by atoms with Crippen molar-refractivity contribution in [1.29, 1.82) is 0 Å². The van der Waals surface area contributed by atoms with Gasteiger partial charge >= 0.3 is 0 Å². The number of aromatic nitrogens is 2. The Morgan fingerprint density at radius 2 is 1.75 bits per heavy atom. The van der Waals surface area contributed by atoms with Gasteiger partial charge in [0, 0.05) is 0 Å². The molecule has 0 amide bonds. The maximum absolute atomic E-state index is 12.0. The zero-order chi connectivity index (χ0) is 9.98. The molecule has 70 valence electrons. The zero-order valence-electron chi connectivity index (χ0n) is 7.81. The molecule has 0 unspecified atom stereocenters. The molecule has 1 aromatic heterocycles. The maximum atomic E-state index is 12.0. The molecule has 0 bridgehead atoms. The molecule has 0 aliphatic heterocycles. The van der Waals surface area contributed by atoms with Crippen molar-refractivity contribution in [3.8, 4) is 0 Å². The van der Waals surface area contributed by atoms with Crippen molar-refractivity contribution in [2.75, 3.05) is 0 Å². The number of rotatable bonds is 0. The molecule has 0 aromatic carbocycles. The summed E-state index contributed by atoms with van der Waals surface area (Å²) in [5.74, 6) is -0.679. The van der Waals surface area contributed by atoms with E-state index in [1.807, 2.05) is 27.7 Å². The zero-order valence-corrected chi connectivity index (χ0v) is 8.56. The van der Waals surface area contributed by atoms with Gasteiger partial charge in [0.15, 0.2) is 0 Å². The number of hydrogen-bond acceptors (Lipinski definition) is 2. The molecule has 1 aromatic rings. The Balaban J connectivity index is 0. The van der Waals surface area contributed by atoms with Crippen LogP contribution in [0.1, 0.15) is 27.7 Å². The fraction of sp³-hybridized carbons (Fsp3) is 0.500. The van der Waals surface area contributed by atoms with Crippen LogP contribution in [0.2, 0.25) is 5.02 Å². The van der Waals surface area contributed by atoms with E-state index in [1.54, 1.807) is 0 Å². The molecular formula is C8H14ClFN2. The Kier molecular flexibility index (Phi) is 11.9.